The summed E-state index contributed by atoms with van der Waals surface area (Å²) in [5.74, 6) is 2.24. The van der Waals surface area contributed by atoms with Crippen molar-refractivity contribution in [3.05, 3.63) is 17.6 Å². The lowest BCUT2D eigenvalue weighted by Crippen LogP contribution is -2.06. The van der Waals surface area contributed by atoms with Gasteiger partial charge in [-0.3, -0.25) is 0 Å². The van der Waals surface area contributed by atoms with Crippen LogP contribution < -0.4 is 5.73 Å². The summed E-state index contributed by atoms with van der Waals surface area (Å²) in [4.78, 5) is 8.77. The lowest BCUT2D eigenvalue weighted by atomic mass is 10.1. The van der Waals surface area contributed by atoms with E-state index < -0.39 is 0 Å². The van der Waals surface area contributed by atoms with Crippen molar-refractivity contribution in [1.29, 1.82) is 0 Å². The fraction of sp³-hybridized carbons (Fsp3) is 0.636. The van der Waals surface area contributed by atoms with Crippen LogP contribution in [0.3, 0.4) is 0 Å². The Hall–Kier alpha value is -1.12. The summed E-state index contributed by atoms with van der Waals surface area (Å²) in [5, 5.41) is 0. The number of hydrogen-bond donors (Lipinski definition) is 1. The first kappa shape index (κ1) is 11.0. The Bertz CT molecular complexity index is 307. The third-order valence-corrected chi connectivity index (χ3v) is 2.43. The van der Waals surface area contributed by atoms with Gasteiger partial charge in [-0.15, -0.1) is 0 Å². The molecule has 1 rings (SSSR count). The molecule has 1 heterocycles. The predicted octanol–water partition coefficient (Wildman–Crippen LogP) is 2.70. The highest BCUT2D eigenvalue weighted by atomic mass is 15.0. The number of nitrogen functional groups attached to an aromatic ring is 1. The molecule has 0 spiro atoms. The number of nitrogens with zero attached hydrogens (tertiary/aromatic N) is 2. The van der Waals surface area contributed by atoms with E-state index in [9.17, 15) is 0 Å². The number of anilines is 1. The lowest BCUT2D eigenvalue weighted by molar-refractivity contribution is 0.663. The normalized spacial score (nSPS) is 13.2. The zero-order valence-electron chi connectivity index (χ0n) is 9.41. The van der Waals surface area contributed by atoms with Crippen molar-refractivity contribution in [2.45, 2.75) is 46.0 Å². The van der Waals surface area contributed by atoms with Gasteiger partial charge < -0.3 is 5.73 Å². The smallest absolute Gasteiger partial charge is 0.133 e. The first-order valence-electron chi connectivity index (χ1n) is 5.19. The van der Waals surface area contributed by atoms with Crippen LogP contribution in [-0.4, -0.2) is 9.97 Å². The van der Waals surface area contributed by atoms with Gasteiger partial charge in [-0.1, -0.05) is 27.7 Å². The molecule has 1 aromatic heterocycles. The number of aromatic nitrogens is 2. The SMILES string of the molecule is CCC(C)c1nc(N)cc(C(C)C)n1. The molecular weight excluding hydrogens is 174 g/mol. The molecule has 3 heteroatoms. The Morgan fingerprint density at radius 3 is 2.43 bits per heavy atom. The maximum Gasteiger partial charge on any atom is 0.133 e. The zero-order chi connectivity index (χ0) is 10.7. The third-order valence-electron chi connectivity index (χ3n) is 2.43. The van der Waals surface area contributed by atoms with Crippen LogP contribution >= 0.6 is 0 Å². The second-order valence-electron chi connectivity index (χ2n) is 4.04. The number of rotatable bonds is 3. The van der Waals surface area contributed by atoms with E-state index in [2.05, 4.69) is 37.7 Å². The maximum atomic E-state index is 5.74. The van der Waals surface area contributed by atoms with Crippen molar-refractivity contribution >= 4 is 5.82 Å². The van der Waals surface area contributed by atoms with E-state index >= 15 is 0 Å². The number of hydrogen-bond acceptors (Lipinski definition) is 3. The van der Waals surface area contributed by atoms with E-state index in [4.69, 9.17) is 5.73 Å². The molecule has 0 amide bonds. The van der Waals surface area contributed by atoms with Crippen molar-refractivity contribution < 1.29 is 0 Å². The Morgan fingerprint density at radius 2 is 1.93 bits per heavy atom. The molecule has 2 N–H and O–H groups in total. The van der Waals surface area contributed by atoms with Crippen molar-refractivity contribution in [2.24, 2.45) is 0 Å². The van der Waals surface area contributed by atoms with Gasteiger partial charge in [0.25, 0.3) is 0 Å². The molecule has 78 valence electrons. The summed E-state index contributed by atoms with van der Waals surface area (Å²) in [7, 11) is 0. The summed E-state index contributed by atoms with van der Waals surface area (Å²) in [6.07, 6.45) is 1.04. The Kier molecular flexibility index (Phi) is 3.44. The summed E-state index contributed by atoms with van der Waals surface area (Å²) in [6.45, 7) is 8.48. The molecule has 14 heavy (non-hydrogen) atoms. The lowest BCUT2D eigenvalue weighted by Gasteiger charge is -2.11. The van der Waals surface area contributed by atoms with Crippen molar-refractivity contribution in [3.8, 4) is 0 Å². The van der Waals surface area contributed by atoms with Gasteiger partial charge in [0.05, 0.1) is 0 Å². The van der Waals surface area contributed by atoms with Crippen LogP contribution in [0.15, 0.2) is 6.07 Å². The van der Waals surface area contributed by atoms with Gasteiger partial charge in [-0.05, 0) is 12.3 Å². The van der Waals surface area contributed by atoms with Crippen LogP contribution in [0.4, 0.5) is 5.82 Å². The minimum atomic E-state index is 0.385. The van der Waals surface area contributed by atoms with Crippen LogP contribution in [0.2, 0.25) is 0 Å². The molecule has 1 unspecified atom stereocenters. The van der Waals surface area contributed by atoms with Crippen LogP contribution in [0.25, 0.3) is 0 Å². The minimum absolute atomic E-state index is 0.385. The average Bonchev–Trinajstić information content (AvgIpc) is 2.15. The Morgan fingerprint density at radius 1 is 1.29 bits per heavy atom. The second kappa shape index (κ2) is 4.40. The standard InChI is InChI=1S/C11H19N3/c1-5-8(4)11-13-9(7(2)3)6-10(12)14-11/h6-8H,5H2,1-4H3,(H2,12,13,14). The first-order valence-corrected chi connectivity index (χ1v) is 5.19. The highest BCUT2D eigenvalue weighted by molar-refractivity contribution is 5.31. The summed E-state index contributed by atoms with van der Waals surface area (Å²) in [5.41, 5.74) is 6.77. The molecule has 0 saturated carbocycles. The molecule has 1 atom stereocenters. The topological polar surface area (TPSA) is 51.8 Å². The predicted molar refractivity (Wildman–Crippen MR) is 59.2 cm³/mol. The molecule has 0 saturated heterocycles. The van der Waals surface area contributed by atoms with Crippen LogP contribution in [0, 0.1) is 0 Å². The molecule has 0 aliphatic carbocycles. The van der Waals surface area contributed by atoms with E-state index in [-0.39, 0.29) is 0 Å². The molecule has 3 nitrogen and oxygen atoms in total. The van der Waals surface area contributed by atoms with E-state index in [1.165, 1.54) is 0 Å². The van der Waals surface area contributed by atoms with E-state index in [1.54, 1.807) is 0 Å². The Balaban J connectivity index is 3.07. The van der Waals surface area contributed by atoms with Gasteiger partial charge in [-0.2, -0.15) is 0 Å². The molecule has 0 aliphatic rings. The fourth-order valence-electron chi connectivity index (χ4n) is 1.20. The molecule has 0 fully saturated rings. The van der Waals surface area contributed by atoms with E-state index in [0.717, 1.165) is 17.9 Å². The summed E-state index contributed by atoms with van der Waals surface area (Å²) in [6, 6.07) is 1.86. The van der Waals surface area contributed by atoms with E-state index in [0.29, 0.717) is 17.7 Å². The highest BCUT2D eigenvalue weighted by Gasteiger charge is 2.10. The fourth-order valence-corrected chi connectivity index (χ4v) is 1.20. The molecule has 0 bridgehead atoms. The molecule has 0 radical (unpaired) electrons. The monoisotopic (exact) mass is 193 g/mol. The molecule has 1 aromatic rings. The molecular formula is C11H19N3. The Labute approximate surface area is 85.8 Å². The quantitative estimate of drug-likeness (QED) is 0.803. The molecule has 0 aromatic carbocycles. The highest BCUT2D eigenvalue weighted by Crippen LogP contribution is 2.19. The van der Waals surface area contributed by atoms with Crippen molar-refractivity contribution in [2.75, 3.05) is 5.73 Å². The number of nitrogens with two attached hydrogens (primary N) is 1. The van der Waals surface area contributed by atoms with Crippen LogP contribution in [-0.2, 0) is 0 Å². The van der Waals surface area contributed by atoms with Crippen molar-refractivity contribution in [1.82, 2.24) is 9.97 Å². The minimum Gasteiger partial charge on any atom is -0.384 e. The second-order valence-corrected chi connectivity index (χ2v) is 4.04. The van der Waals surface area contributed by atoms with Gasteiger partial charge in [0.2, 0.25) is 0 Å². The van der Waals surface area contributed by atoms with Crippen LogP contribution in [0.5, 0.6) is 0 Å². The summed E-state index contributed by atoms with van der Waals surface area (Å²) < 4.78 is 0. The van der Waals surface area contributed by atoms with Gasteiger partial charge in [0.15, 0.2) is 0 Å². The van der Waals surface area contributed by atoms with Gasteiger partial charge in [0.1, 0.15) is 11.6 Å². The summed E-state index contributed by atoms with van der Waals surface area (Å²) >= 11 is 0. The largest absolute Gasteiger partial charge is 0.384 e. The van der Waals surface area contributed by atoms with E-state index in [1.807, 2.05) is 6.07 Å². The van der Waals surface area contributed by atoms with Crippen LogP contribution in [0.1, 0.15) is 57.5 Å². The molecule has 0 aliphatic heterocycles. The first-order chi connectivity index (χ1) is 6.54. The third kappa shape index (κ3) is 2.44. The van der Waals surface area contributed by atoms with Gasteiger partial charge in [-0.25, -0.2) is 9.97 Å². The zero-order valence-corrected chi connectivity index (χ0v) is 9.41. The van der Waals surface area contributed by atoms with Crippen molar-refractivity contribution in [3.63, 3.8) is 0 Å². The van der Waals surface area contributed by atoms with Gasteiger partial charge in [0, 0.05) is 17.7 Å². The average molecular weight is 193 g/mol. The van der Waals surface area contributed by atoms with Gasteiger partial charge >= 0.3 is 0 Å². The maximum absolute atomic E-state index is 5.74.